The predicted octanol–water partition coefficient (Wildman–Crippen LogP) is 16.1. The van der Waals surface area contributed by atoms with Crippen molar-refractivity contribution in [2.45, 2.75) is 48.1 Å². The third kappa shape index (κ3) is 15.8. The maximum Gasteiger partial charge on any atom is 0.293 e. The molecule has 0 aliphatic rings. The lowest BCUT2D eigenvalue weighted by Gasteiger charge is -2.06. The Balaban J connectivity index is 0.000000135. The maximum absolute atomic E-state index is 13.4. The van der Waals surface area contributed by atoms with Crippen molar-refractivity contribution in [3.63, 3.8) is 0 Å². The van der Waals surface area contributed by atoms with E-state index < -0.39 is 0 Å². The van der Waals surface area contributed by atoms with Gasteiger partial charge in [-0.2, -0.15) is 5.26 Å². The highest BCUT2D eigenvalue weighted by Gasteiger charge is 2.21. The van der Waals surface area contributed by atoms with E-state index in [1.807, 2.05) is 104 Å². The van der Waals surface area contributed by atoms with Crippen molar-refractivity contribution in [2.24, 2.45) is 35.2 Å². The van der Waals surface area contributed by atoms with Gasteiger partial charge in [-0.1, -0.05) is 66.7 Å². The van der Waals surface area contributed by atoms with E-state index in [0.717, 1.165) is 60.8 Å². The monoisotopic (exact) mass is 1240 g/mol. The lowest BCUT2D eigenvalue weighted by Crippen LogP contribution is -2.31. The van der Waals surface area contributed by atoms with Crippen LogP contribution in [-0.2, 0) is 51.4 Å². The normalized spacial score (nSPS) is 10.5. The number of carbonyl (C=O) groups is 1. The summed E-state index contributed by atoms with van der Waals surface area (Å²) in [5.74, 6) is 0.676. The minimum Gasteiger partial charge on any atom is -0.497 e. The summed E-state index contributed by atoms with van der Waals surface area (Å²) in [7, 11) is 11.8. The van der Waals surface area contributed by atoms with E-state index in [9.17, 15) is 9.18 Å². The first kappa shape index (κ1) is 65.2. The molecule has 10 nitrogen and oxygen atoms in total. The number of nitrogens with zero attached hydrogens (tertiary/aromatic N) is 6. The van der Waals surface area contributed by atoms with Crippen molar-refractivity contribution in [3.05, 3.63) is 274 Å². The molecule has 8 aromatic heterocycles. The Morgan fingerprint density at radius 1 is 0.527 bits per heavy atom. The molecule has 0 amide bonds. The average molecular weight is 1240 g/mol. The first-order valence-corrected chi connectivity index (χ1v) is 31.4. The standard InChI is InChI=1S/C19H18N.C15H13FNO.C15H15N2O2S.C15H14NS.C14H16NO/c1-15-8-6-7-11-18(15)19-14-17(12-13-20(19)2)16-9-4-3-5-10-16;1-10-7-15-11(4-6-18-15)8-13(10)14-9-12(16)3-5-17(14)2;1-10-4-13(6-16)20-15(10)14-5-12(8-19-9-18)11(2)7-17(14)3;1-11-15(13-8-5-6-10-16(13)2)12-7-3-4-9-14(12)17-11;1-11-10-12(16-3)7-8-13(11)14-6-4-5-9-15(14)2/h3-14H,1-2H3;3-9H,1-2H3;4-5,7,9H,8H2,1-3H3;3-10H,1-2H3;4-10H,1-3H3/q5*+1. The smallest absolute Gasteiger partial charge is 0.293 e. The summed E-state index contributed by atoms with van der Waals surface area (Å²) in [6.45, 7) is 13.2. The van der Waals surface area contributed by atoms with Crippen LogP contribution in [0.4, 0.5) is 4.39 Å². The first-order valence-electron chi connectivity index (χ1n) is 29.8. The van der Waals surface area contributed by atoms with E-state index >= 15 is 0 Å². The summed E-state index contributed by atoms with van der Waals surface area (Å²) in [4.78, 5) is 13.5. The molecule has 5 aromatic carbocycles. The lowest BCUT2D eigenvalue weighted by atomic mass is 10.0. The van der Waals surface area contributed by atoms with E-state index in [0.29, 0.717) is 11.3 Å². The molecule has 0 aliphatic heterocycles. The van der Waals surface area contributed by atoms with Gasteiger partial charge in [0.25, 0.3) is 6.47 Å². The van der Waals surface area contributed by atoms with Crippen LogP contribution in [0.1, 0.15) is 43.1 Å². The number of thiophene rings is 2. The molecule has 0 atom stereocenters. The summed E-state index contributed by atoms with van der Waals surface area (Å²) >= 11 is 3.34. The van der Waals surface area contributed by atoms with Crippen LogP contribution < -0.4 is 27.6 Å². The summed E-state index contributed by atoms with van der Waals surface area (Å²) in [6.07, 6.45) is 11.7. The minimum absolute atomic E-state index is 0.227. The van der Waals surface area contributed by atoms with Crippen LogP contribution in [0.3, 0.4) is 0 Å². The molecule has 0 saturated carbocycles. The predicted molar refractivity (Wildman–Crippen MR) is 364 cm³/mol. The average Bonchev–Trinajstić information content (AvgIpc) is 2.16. The fourth-order valence-corrected chi connectivity index (χ4v) is 13.1. The second-order valence-corrected chi connectivity index (χ2v) is 24.6. The zero-order valence-corrected chi connectivity index (χ0v) is 55.3. The number of hydrogen-bond donors (Lipinski definition) is 0. The number of rotatable bonds is 10. The number of nitriles is 1. The van der Waals surface area contributed by atoms with E-state index in [4.69, 9.17) is 19.2 Å². The summed E-state index contributed by atoms with van der Waals surface area (Å²) in [5, 5.41) is 11.4. The highest BCUT2D eigenvalue weighted by Crippen LogP contribution is 2.37. The third-order valence-corrected chi connectivity index (χ3v) is 18.1. The van der Waals surface area contributed by atoms with Crippen molar-refractivity contribution in [1.29, 1.82) is 5.26 Å². The van der Waals surface area contributed by atoms with Gasteiger partial charge in [-0.15, -0.1) is 22.7 Å². The van der Waals surface area contributed by atoms with Gasteiger partial charge in [0.1, 0.15) is 74.8 Å². The number of aryl methyl sites for hydroxylation is 11. The molecule has 0 saturated heterocycles. The van der Waals surface area contributed by atoms with Gasteiger partial charge in [-0.25, -0.2) is 27.2 Å². The fraction of sp³-hybridized carbons (Fsp3) is 0.167. The number of fused-ring (bicyclic) bond motifs is 2. The largest absolute Gasteiger partial charge is 0.497 e. The Labute approximate surface area is 541 Å². The second-order valence-electron chi connectivity index (χ2n) is 22.3. The number of ether oxygens (including phenoxy) is 2. The third-order valence-electron chi connectivity index (χ3n) is 15.9. The fourth-order valence-electron chi connectivity index (χ4n) is 10.9. The topological polar surface area (TPSA) is 91.9 Å². The van der Waals surface area contributed by atoms with Gasteiger partial charge >= 0.3 is 0 Å². The molecule has 0 fully saturated rings. The molecule has 91 heavy (non-hydrogen) atoms. The number of carbonyl (C=O) groups excluding carboxylic acids is 1. The van der Waals surface area contributed by atoms with Crippen molar-refractivity contribution in [2.75, 3.05) is 7.11 Å². The first-order chi connectivity index (χ1) is 44.0. The molecule has 456 valence electrons. The maximum atomic E-state index is 13.4. The van der Waals surface area contributed by atoms with Crippen LogP contribution in [0.15, 0.2) is 230 Å². The number of pyridine rings is 5. The van der Waals surface area contributed by atoms with Crippen LogP contribution in [0, 0.1) is 58.7 Å². The van der Waals surface area contributed by atoms with Crippen molar-refractivity contribution in [3.8, 4) is 78.5 Å². The van der Waals surface area contributed by atoms with Crippen LogP contribution in [0.5, 0.6) is 5.75 Å². The lowest BCUT2D eigenvalue weighted by molar-refractivity contribution is -0.660. The van der Waals surface area contributed by atoms with Gasteiger partial charge < -0.3 is 13.9 Å². The summed E-state index contributed by atoms with van der Waals surface area (Å²) in [6, 6.07) is 65.8. The zero-order valence-electron chi connectivity index (χ0n) is 53.7. The Kier molecular flexibility index (Phi) is 21.7. The molecule has 0 spiro atoms. The number of aromatic nitrogens is 5. The van der Waals surface area contributed by atoms with Crippen LogP contribution in [0.25, 0.3) is 87.8 Å². The van der Waals surface area contributed by atoms with E-state index in [1.54, 1.807) is 25.6 Å². The molecule has 0 unspecified atom stereocenters. The van der Waals surface area contributed by atoms with Crippen LogP contribution >= 0.6 is 22.7 Å². The van der Waals surface area contributed by atoms with Gasteiger partial charge in [0.2, 0.25) is 28.5 Å². The molecule has 13 rings (SSSR count). The Morgan fingerprint density at radius 2 is 1.16 bits per heavy atom. The quantitative estimate of drug-likeness (QED) is 0.100. The Hall–Kier alpha value is -10.3. The van der Waals surface area contributed by atoms with Gasteiger partial charge in [0.15, 0.2) is 31.0 Å². The molecular weight excluding hydrogens is 1170 g/mol. The van der Waals surface area contributed by atoms with Gasteiger partial charge in [-0.05, 0) is 142 Å². The second kappa shape index (κ2) is 30.3. The Bertz CT molecular complexity index is 4740. The molecular formula is C78H76FN6O4S2+5. The zero-order chi connectivity index (χ0) is 64.7. The number of furan rings is 1. The van der Waals surface area contributed by atoms with E-state index in [2.05, 4.69) is 214 Å². The molecule has 0 bridgehead atoms. The number of methoxy groups -OCH3 is 1. The molecule has 0 radical (unpaired) electrons. The summed E-state index contributed by atoms with van der Waals surface area (Å²) < 4.78 is 40.6. The number of hydrogen-bond acceptors (Lipinski definition) is 7. The molecule has 0 N–H and O–H groups in total. The Morgan fingerprint density at radius 3 is 1.85 bits per heavy atom. The minimum atomic E-state index is -0.227. The van der Waals surface area contributed by atoms with Gasteiger partial charge in [0, 0.05) is 97.2 Å². The van der Waals surface area contributed by atoms with E-state index in [1.165, 1.54) is 88.4 Å². The van der Waals surface area contributed by atoms with Gasteiger partial charge in [0.05, 0.1) is 24.5 Å². The highest BCUT2D eigenvalue weighted by molar-refractivity contribution is 7.19. The van der Waals surface area contributed by atoms with Crippen LogP contribution in [0.2, 0.25) is 0 Å². The molecule has 8 heterocycles. The van der Waals surface area contributed by atoms with E-state index in [-0.39, 0.29) is 12.4 Å². The summed E-state index contributed by atoms with van der Waals surface area (Å²) in [5.41, 5.74) is 20.6. The molecule has 13 aromatic rings. The molecule has 13 heteroatoms. The highest BCUT2D eigenvalue weighted by atomic mass is 32.1. The van der Waals surface area contributed by atoms with Crippen LogP contribution in [-0.4, -0.2) is 13.6 Å². The SMILES string of the molecule is COc1ccc(-c2cccc[n+]2C)c(C)c1.Cc1c[n+](C)c(-c2sc(C#N)cc2C)cc1COC=O.Cc1cc2occc2cc1-c1cc(F)cc[n+]1C.Cc1ccccc1-c1cc(-c2ccccc2)cc[n+]1C.Cc1sc2ccccc2c1-c1cccc[n+]1C. The number of halogens is 1. The van der Waals surface area contributed by atoms with Crippen molar-refractivity contribution < 1.29 is 45.9 Å². The molecule has 0 aliphatic carbocycles. The number of benzene rings is 5. The van der Waals surface area contributed by atoms with Crippen molar-refractivity contribution in [1.82, 2.24) is 0 Å². The van der Waals surface area contributed by atoms with Gasteiger partial charge in [-0.3, -0.25) is 4.79 Å². The van der Waals surface area contributed by atoms with Crippen molar-refractivity contribution >= 4 is 50.2 Å².